The largest absolute Gasteiger partial charge is 0.353 e. The Labute approximate surface area is 111 Å². The predicted molar refractivity (Wildman–Crippen MR) is 74.7 cm³/mol. The highest BCUT2D eigenvalue weighted by Crippen LogP contribution is 2.00. The van der Waals surface area contributed by atoms with Crippen molar-refractivity contribution in [1.82, 2.24) is 20.4 Å². The zero-order valence-corrected chi connectivity index (χ0v) is 12.0. The molecular weight excluding hydrogens is 228 g/mol. The summed E-state index contributed by atoms with van der Waals surface area (Å²) in [5.41, 5.74) is 0. The maximum atomic E-state index is 12.0. The van der Waals surface area contributed by atoms with Crippen LogP contribution in [0.4, 0.5) is 0 Å². The van der Waals surface area contributed by atoms with Gasteiger partial charge in [-0.05, 0) is 20.0 Å². The van der Waals surface area contributed by atoms with Crippen LogP contribution < -0.4 is 10.6 Å². The molecule has 0 bridgehead atoms. The maximum absolute atomic E-state index is 12.0. The second-order valence-electron chi connectivity index (χ2n) is 4.78. The van der Waals surface area contributed by atoms with E-state index in [2.05, 4.69) is 34.3 Å². The second-order valence-corrected chi connectivity index (χ2v) is 4.78. The molecule has 0 aromatic rings. The third-order valence-corrected chi connectivity index (χ3v) is 3.70. The molecule has 5 nitrogen and oxygen atoms in total. The average molecular weight is 256 g/mol. The van der Waals surface area contributed by atoms with Crippen LogP contribution in [0.25, 0.3) is 0 Å². The van der Waals surface area contributed by atoms with Crippen molar-refractivity contribution in [2.45, 2.75) is 26.8 Å². The van der Waals surface area contributed by atoms with E-state index < -0.39 is 0 Å². The van der Waals surface area contributed by atoms with Gasteiger partial charge in [-0.1, -0.05) is 13.8 Å². The molecule has 0 radical (unpaired) electrons. The number of likely N-dealkylation sites (N-methyl/N-ethyl adjacent to an activating group) is 1. The lowest BCUT2D eigenvalue weighted by atomic mass is 10.2. The van der Waals surface area contributed by atoms with Gasteiger partial charge < -0.3 is 15.5 Å². The molecule has 1 heterocycles. The average Bonchev–Trinajstić information content (AvgIpc) is 2.43. The number of rotatable bonds is 7. The Bertz CT molecular complexity index is 237. The van der Waals surface area contributed by atoms with Gasteiger partial charge in [-0.25, -0.2) is 0 Å². The second kappa shape index (κ2) is 8.45. The fraction of sp³-hybridized carbons (Fsp3) is 0.923. The van der Waals surface area contributed by atoms with E-state index in [4.69, 9.17) is 0 Å². The van der Waals surface area contributed by atoms with Gasteiger partial charge in [-0.15, -0.1) is 0 Å². The molecule has 1 saturated heterocycles. The van der Waals surface area contributed by atoms with E-state index >= 15 is 0 Å². The van der Waals surface area contributed by atoms with Gasteiger partial charge in [0.1, 0.15) is 0 Å². The molecule has 0 aliphatic carbocycles. The summed E-state index contributed by atoms with van der Waals surface area (Å²) in [6.07, 6.45) is 0. The van der Waals surface area contributed by atoms with Gasteiger partial charge in [0.2, 0.25) is 5.91 Å². The van der Waals surface area contributed by atoms with Crippen molar-refractivity contribution in [3.8, 4) is 0 Å². The first-order chi connectivity index (χ1) is 8.69. The van der Waals surface area contributed by atoms with E-state index in [0.29, 0.717) is 0 Å². The molecule has 1 aliphatic rings. The minimum absolute atomic E-state index is 0.0104. The first-order valence-electron chi connectivity index (χ1n) is 7.13. The van der Waals surface area contributed by atoms with Gasteiger partial charge >= 0.3 is 0 Å². The quantitative estimate of drug-likeness (QED) is 0.659. The lowest BCUT2D eigenvalue weighted by molar-refractivity contribution is -0.126. The molecule has 106 valence electrons. The molecule has 0 aromatic heterocycles. The summed E-state index contributed by atoms with van der Waals surface area (Å²) < 4.78 is 0. The third kappa shape index (κ3) is 4.92. The topological polar surface area (TPSA) is 47.6 Å². The summed E-state index contributed by atoms with van der Waals surface area (Å²) in [5.74, 6) is 0.157. The minimum atomic E-state index is -0.0104. The van der Waals surface area contributed by atoms with Gasteiger partial charge in [-0.3, -0.25) is 9.69 Å². The fourth-order valence-electron chi connectivity index (χ4n) is 2.26. The van der Waals surface area contributed by atoms with Crippen molar-refractivity contribution in [2.24, 2.45) is 0 Å². The Morgan fingerprint density at radius 3 is 2.50 bits per heavy atom. The summed E-state index contributed by atoms with van der Waals surface area (Å²) in [5, 5.41) is 6.34. The van der Waals surface area contributed by atoms with E-state index in [0.717, 1.165) is 52.4 Å². The molecule has 5 heteroatoms. The summed E-state index contributed by atoms with van der Waals surface area (Å²) in [6.45, 7) is 14.0. The Kier molecular flexibility index (Phi) is 7.23. The maximum Gasteiger partial charge on any atom is 0.237 e. The smallest absolute Gasteiger partial charge is 0.237 e. The van der Waals surface area contributed by atoms with Gasteiger partial charge in [0.15, 0.2) is 0 Å². The SMILES string of the molecule is CCN(CC)CCNC(=O)C(C)N1CCNCC1. The Morgan fingerprint density at radius 2 is 1.94 bits per heavy atom. The zero-order valence-electron chi connectivity index (χ0n) is 12.0. The van der Waals surface area contributed by atoms with Crippen molar-refractivity contribution in [3.05, 3.63) is 0 Å². The van der Waals surface area contributed by atoms with Crippen LogP contribution in [-0.2, 0) is 4.79 Å². The van der Waals surface area contributed by atoms with Gasteiger partial charge in [-0.2, -0.15) is 0 Å². The first kappa shape index (κ1) is 15.4. The van der Waals surface area contributed by atoms with E-state index in [-0.39, 0.29) is 11.9 Å². The van der Waals surface area contributed by atoms with E-state index in [9.17, 15) is 4.79 Å². The number of carbonyl (C=O) groups excluding carboxylic acids is 1. The number of carbonyl (C=O) groups is 1. The Hall–Kier alpha value is -0.650. The first-order valence-corrected chi connectivity index (χ1v) is 7.13. The molecule has 2 N–H and O–H groups in total. The molecule has 1 unspecified atom stereocenters. The highest BCUT2D eigenvalue weighted by molar-refractivity contribution is 5.81. The molecule has 0 spiro atoms. The van der Waals surface area contributed by atoms with E-state index in [1.54, 1.807) is 0 Å². The summed E-state index contributed by atoms with van der Waals surface area (Å²) in [6, 6.07) is -0.0104. The summed E-state index contributed by atoms with van der Waals surface area (Å²) in [4.78, 5) is 16.6. The van der Waals surface area contributed by atoms with E-state index in [1.165, 1.54) is 0 Å². The molecule has 1 aliphatic heterocycles. The van der Waals surface area contributed by atoms with Crippen molar-refractivity contribution in [2.75, 3.05) is 52.4 Å². The highest BCUT2D eigenvalue weighted by atomic mass is 16.2. The van der Waals surface area contributed by atoms with Gasteiger partial charge in [0.05, 0.1) is 6.04 Å². The van der Waals surface area contributed by atoms with Crippen molar-refractivity contribution in [3.63, 3.8) is 0 Å². The van der Waals surface area contributed by atoms with Gasteiger partial charge in [0, 0.05) is 39.3 Å². The molecule has 1 atom stereocenters. The monoisotopic (exact) mass is 256 g/mol. The van der Waals surface area contributed by atoms with Crippen LogP contribution in [0.5, 0.6) is 0 Å². The van der Waals surface area contributed by atoms with Crippen LogP contribution in [0.3, 0.4) is 0 Å². The molecule has 18 heavy (non-hydrogen) atoms. The van der Waals surface area contributed by atoms with Crippen LogP contribution in [0.2, 0.25) is 0 Å². The fourth-order valence-corrected chi connectivity index (χ4v) is 2.26. The number of hydrogen-bond donors (Lipinski definition) is 2. The van der Waals surface area contributed by atoms with E-state index in [1.807, 2.05) is 6.92 Å². The molecule has 1 amide bonds. The molecule has 1 fully saturated rings. The zero-order chi connectivity index (χ0) is 13.4. The lowest BCUT2D eigenvalue weighted by Crippen LogP contribution is -2.53. The Morgan fingerprint density at radius 1 is 1.33 bits per heavy atom. The number of amides is 1. The normalized spacial score (nSPS) is 18.9. The lowest BCUT2D eigenvalue weighted by Gasteiger charge is -2.32. The summed E-state index contributed by atoms with van der Waals surface area (Å²) >= 11 is 0. The molecular formula is C13H28N4O. The standard InChI is InChI=1S/C13H28N4O/c1-4-16(5-2)9-8-15-13(18)12(3)17-10-6-14-7-11-17/h12,14H,4-11H2,1-3H3,(H,15,18). The van der Waals surface area contributed by atoms with Crippen LogP contribution >= 0.6 is 0 Å². The van der Waals surface area contributed by atoms with Crippen LogP contribution in [0.1, 0.15) is 20.8 Å². The Balaban J connectivity index is 2.22. The van der Waals surface area contributed by atoms with Gasteiger partial charge in [0.25, 0.3) is 0 Å². The molecule has 0 aromatic carbocycles. The minimum Gasteiger partial charge on any atom is -0.353 e. The highest BCUT2D eigenvalue weighted by Gasteiger charge is 2.22. The predicted octanol–water partition coefficient (Wildman–Crippen LogP) is -0.262. The van der Waals surface area contributed by atoms with Crippen LogP contribution in [0.15, 0.2) is 0 Å². The van der Waals surface area contributed by atoms with Crippen LogP contribution in [-0.4, -0.2) is 74.1 Å². The number of nitrogens with one attached hydrogen (secondary N) is 2. The summed E-state index contributed by atoms with van der Waals surface area (Å²) in [7, 11) is 0. The van der Waals surface area contributed by atoms with Crippen molar-refractivity contribution in [1.29, 1.82) is 0 Å². The van der Waals surface area contributed by atoms with Crippen molar-refractivity contribution >= 4 is 5.91 Å². The number of hydrogen-bond acceptors (Lipinski definition) is 4. The number of piperazine rings is 1. The van der Waals surface area contributed by atoms with Crippen LogP contribution in [0, 0.1) is 0 Å². The molecule has 1 rings (SSSR count). The number of nitrogens with zero attached hydrogens (tertiary/aromatic N) is 2. The van der Waals surface area contributed by atoms with Crippen molar-refractivity contribution < 1.29 is 4.79 Å². The molecule has 0 saturated carbocycles. The third-order valence-electron chi connectivity index (χ3n) is 3.70.